The summed E-state index contributed by atoms with van der Waals surface area (Å²) in [5.41, 5.74) is 0. The fraction of sp³-hybridized carbons (Fsp3) is 0.900. The Hall–Kier alpha value is -0.570. The molecule has 0 spiro atoms. The summed E-state index contributed by atoms with van der Waals surface area (Å²) in [5.74, 6) is 0.403. The van der Waals surface area contributed by atoms with Gasteiger partial charge in [-0.3, -0.25) is 4.79 Å². The zero-order valence-electron chi connectivity index (χ0n) is 8.42. The van der Waals surface area contributed by atoms with E-state index < -0.39 is 0 Å². The van der Waals surface area contributed by atoms with Crippen molar-refractivity contribution in [2.75, 3.05) is 6.54 Å². The first-order valence-electron chi connectivity index (χ1n) is 5.07. The third-order valence-electron chi connectivity index (χ3n) is 2.68. The van der Waals surface area contributed by atoms with E-state index in [0.29, 0.717) is 6.54 Å². The number of carbonyl (C=O) groups is 1. The van der Waals surface area contributed by atoms with Crippen molar-refractivity contribution in [1.29, 1.82) is 0 Å². The van der Waals surface area contributed by atoms with Crippen molar-refractivity contribution < 1.29 is 9.90 Å². The molecule has 0 radical (unpaired) electrons. The summed E-state index contributed by atoms with van der Waals surface area (Å²) in [5, 5.41) is 12.3. The van der Waals surface area contributed by atoms with Crippen LogP contribution in [0.4, 0.5) is 0 Å². The van der Waals surface area contributed by atoms with Crippen LogP contribution >= 0.6 is 0 Å². The second-order valence-electron chi connectivity index (χ2n) is 4.16. The molecule has 0 aromatic heterocycles. The second kappa shape index (κ2) is 4.61. The number of hydrogen-bond acceptors (Lipinski definition) is 2. The van der Waals surface area contributed by atoms with E-state index in [4.69, 9.17) is 0 Å². The van der Waals surface area contributed by atoms with Gasteiger partial charge in [-0.2, -0.15) is 0 Å². The van der Waals surface area contributed by atoms with Gasteiger partial charge in [0, 0.05) is 18.4 Å². The highest BCUT2D eigenvalue weighted by Gasteiger charge is 2.25. The van der Waals surface area contributed by atoms with E-state index in [-0.39, 0.29) is 23.8 Å². The predicted octanol–water partition coefficient (Wildman–Crippen LogP) is 0.920. The van der Waals surface area contributed by atoms with Crippen LogP contribution in [0.25, 0.3) is 0 Å². The van der Waals surface area contributed by atoms with Gasteiger partial charge in [0.2, 0.25) is 5.91 Å². The highest BCUT2D eigenvalue weighted by molar-refractivity contribution is 5.77. The Kier molecular flexibility index (Phi) is 3.72. The lowest BCUT2D eigenvalue weighted by atomic mass is 10.1. The molecule has 3 heteroatoms. The van der Waals surface area contributed by atoms with Gasteiger partial charge in [-0.15, -0.1) is 0 Å². The number of carbonyl (C=O) groups excluding carboxylic acids is 1. The van der Waals surface area contributed by atoms with Crippen LogP contribution in [0.3, 0.4) is 0 Å². The van der Waals surface area contributed by atoms with E-state index in [1.165, 1.54) is 0 Å². The summed E-state index contributed by atoms with van der Waals surface area (Å²) in [6.45, 7) is 4.39. The Bertz CT molecular complexity index is 180. The largest absolute Gasteiger partial charge is 0.393 e. The summed E-state index contributed by atoms with van der Waals surface area (Å²) >= 11 is 0. The maximum Gasteiger partial charge on any atom is 0.222 e. The van der Waals surface area contributed by atoms with Gasteiger partial charge in [-0.25, -0.2) is 0 Å². The van der Waals surface area contributed by atoms with E-state index in [2.05, 4.69) is 5.32 Å². The van der Waals surface area contributed by atoms with Crippen molar-refractivity contribution in [1.82, 2.24) is 5.32 Å². The van der Waals surface area contributed by atoms with E-state index in [9.17, 15) is 9.90 Å². The topological polar surface area (TPSA) is 49.3 Å². The van der Waals surface area contributed by atoms with Crippen LogP contribution in [-0.4, -0.2) is 23.7 Å². The van der Waals surface area contributed by atoms with Gasteiger partial charge in [0.05, 0.1) is 6.10 Å². The molecule has 1 saturated carbocycles. The minimum atomic E-state index is -0.201. The minimum absolute atomic E-state index is 0.0403. The lowest BCUT2D eigenvalue weighted by molar-refractivity contribution is -0.124. The van der Waals surface area contributed by atoms with Crippen molar-refractivity contribution in [3.63, 3.8) is 0 Å². The minimum Gasteiger partial charge on any atom is -0.393 e. The number of nitrogens with one attached hydrogen (secondary N) is 1. The zero-order chi connectivity index (χ0) is 9.84. The molecule has 1 fully saturated rings. The summed E-state index contributed by atoms with van der Waals surface area (Å²) in [6.07, 6.45) is 2.82. The van der Waals surface area contributed by atoms with Crippen molar-refractivity contribution in [2.24, 2.45) is 11.8 Å². The molecule has 0 saturated heterocycles. The average Bonchev–Trinajstić information content (AvgIpc) is 2.47. The second-order valence-corrected chi connectivity index (χ2v) is 4.16. The third kappa shape index (κ3) is 2.99. The first-order chi connectivity index (χ1) is 6.11. The number of rotatable bonds is 3. The van der Waals surface area contributed by atoms with Gasteiger partial charge < -0.3 is 10.4 Å². The van der Waals surface area contributed by atoms with Crippen molar-refractivity contribution in [2.45, 2.75) is 39.2 Å². The van der Waals surface area contributed by atoms with Crippen molar-refractivity contribution in [3.8, 4) is 0 Å². The van der Waals surface area contributed by atoms with Crippen LogP contribution in [0.2, 0.25) is 0 Å². The van der Waals surface area contributed by atoms with Gasteiger partial charge in [0.15, 0.2) is 0 Å². The first-order valence-corrected chi connectivity index (χ1v) is 5.07. The molecule has 1 rings (SSSR count). The standard InChI is InChI=1S/C10H19NO2/c1-7(2)10(13)11-6-8-4-3-5-9(8)12/h7-9,12H,3-6H2,1-2H3,(H,11,13). The van der Waals surface area contributed by atoms with Crippen LogP contribution in [0.1, 0.15) is 33.1 Å². The van der Waals surface area contributed by atoms with Crippen LogP contribution in [0.5, 0.6) is 0 Å². The van der Waals surface area contributed by atoms with Gasteiger partial charge in [-0.05, 0) is 12.8 Å². The molecular formula is C10H19NO2. The average molecular weight is 185 g/mol. The molecule has 0 bridgehead atoms. The van der Waals surface area contributed by atoms with Crippen LogP contribution < -0.4 is 5.32 Å². The van der Waals surface area contributed by atoms with Crippen molar-refractivity contribution >= 4 is 5.91 Å². The molecule has 1 amide bonds. The third-order valence-corrected chi connectivity index (χ3v) is 2.68. The van der Waals surface area contributed by atoms with E-state index in [0.717, 1.165) is 19.3 Å². The van der Waals surface area contributed by atoms with Gasteiger partial charge in [0.25, 0.3) is 0 Å². The molecular weight excluding hydrogens is 166 g/mol. The van der Waals surface area contributed by atoms with Crippen LogP contribution in [0, 0.1) is 11.8 Å². The quantitative estimate of drug-likeness (QED) is 0.687. The van der Waals surface area contributed by atoms with Gasteiger partial charge in [0.1, 0.15) is 0 Å². The molecule has 2 unspecified atom stereocenters. The molecule has 13 heavy (non-hydrogen) atoms. The van der Waals surface area contributed by atoms with Crippen LogP contribution in [-0.2, 0) is 4.79 Å². The monoisotopic (exact) mass is 185 g/mol. The summed E-state index contributed by atoms with van der Waals surface area (Å²) in [7, 11) is 0. The zero-order valence-corrected chi connectivity index (χ0v) is 8.42. The number of aliphatic hydroxyl groups is 1. The molecule has 0 aromatic carbocycles. The Morgan fingerprint density at radius 2 is 2.23 bits per heavy atom. The lowest BCUT2D eigenvalue weighted by Crippen LogP contribution is -2.34. The number of aliphatic hydroxyl groups excluding tert-OH is 1. The molecule has 0 aliphatic heterocycles. The van der Waals surface area contributed by atoms with Crippen LogP contribution in [0.15, 0.2) is 0 Å². The molecule has 1 aliphatic carbocycles. The smallest absolute Gasteiger partial charge is 0.222 e. The molecule has 2 atom stereocenters. The highest BCUT2D eigenvalue weighted by atomic mass is 16.3. The molecule has 76 valence electrons. The van der Waals surface area contributed by atoms with Gasteiger partial charge >= 0.3 is 0 Å². The number of amides is 1. The highest BCUT2D eigenvalue weighted by Crippen LogP contribution is 2.24. The Balaban J connectivity index is 2.22. The summed E-state index contributed by atoms with van der Waals surface area (Å²) in [6, 6.07) is 0. The summed E-state index contributed by atoms with van der Waals surface area (Å²) in [4.78, 5) is 11.2. The molecule has 3 nitrogen and oxygen atoms in total. The first kappa shape index (κ1) is 10.5. The molecule has 2 N–H and O–H groups in total. The molecule has 1 aliphatic rings. The molecule has 0 aromatic rings. The Morgan fingerprint density at radius 1 is 1.54 bits per heavy atom. The van der Waals surface area contributed by atoms with Crippen molar-refractivity contribution in [3.05, 3.63) is 0 Å². The lowest BCUT2D eigenvalue weighted by Gasteiger charge is -2.15. The SMILES string of the molecule is CC(C)C(=O)NCC1CCCC1O. The fourth-order valence-electron chi connectivity index (χ4n) is 1.69. The van der Waals surface area contributed by atoms with E-state index >= 15 is 0 Å². The van der Waals surface area contributed by atoms with E-state index in [1.54, 1.807) is 0 Å². The Morgan fingerprint density at radius 3 is 2.69 bits per heavy atom. The number of hydrogen-bond donors (Lipinski definition) is 2. The predicted molar refractivity (Wildman–Crippen MR) is 51.2 cm³/mol. The normalized spacial score (nSPS) is 28.0. The van der Waals surface area contributed by atoms with Gasteiger partial charge in [-0.1, -0.05) is 20.3 Å². The summed E-state index contributed by atoms with van der Waals surface area (Å²) < 4.78 is 0. The fourth-order valence-corrected chi connectivity index (χ4v) is 1.69. The van der Waals surface area contributed by atoms with E-state index in [1.807, 2.05) is 13.8 Å². The Labute approximate surface area is 79.5 Å². The maximum absolute atomic E-state index is 11.2. The maximum atomic E-state index is 11.2. The molecule has 0 heterocycles.